The second-order valence-electron chi connectivity index (χ2n) is 33.6. The number of fused-ring (bicyclic) bond motifs is 10. The molecule has 10 aromatic carbocycles. The number of aryl methyl sites for hydroxylation is 3. The molecule has 0 aliphatic heterocycles. The van der Waals surface area contributed by atoms with Crippen LogP contribution < -0.4 is 0 Å². The highest BCUT2D eigenvalue weighted by Gasteiger charge is 2.41. The number of carbonyl (C=O) groups excluding carboxylic acids is 5. The average molecular weight is 1690 g/mol. The van der Waals surface area contributed by atoms with Gasteiger partial charge in [-0.15, -0.1) is 0 Å². The average Bonchev–Trinajstić information content (AvgIpc) is 1.63. The molecule has 5 unspecified atom stereocenters. The quantitative estimate of drug-likeness (QED) is 0.0226. The normalized spacial score (nSPS) is 14.2. The number of H-pyrrole nitrogens is 5. The summed E-state index contributed by atoms with van der Waals surface area (Å²) in [6.07, 6.45) is 18.0. The zero-order valence-corrected chi connectivity index (χ0v) is 71.3. The topological polar surface area (TPSA) is 298 Å². The first-order valence-electron chi connectivity index (χ1n) is 43.0. The summed E-state index contributed by atoms with van der Waals surface area (Å²) in [5.41, 5.74) is 32.0. The van der Waals surface area contributed by atoms with Gasteiger partial charge in [-0.1, -0.05) is 213 Å². The zero-order valence-electron chi connectivity index (χ0n) is 71.3. The van der Waals surface area contributed by atoms with Crippen molar-refractivity contribution in [2.45, 2.75) is 122 Å². The maximum absolute atomic E-state index is 12.8. The monoisotopic (exact) mass is 1680 g/mol. The molecule has 19 nitrogen and oxygen atoms in total. The number of esters is 1. The number of aliphatic carboxylic acids is 2. The lowest BCUT2D eigenvalue weighted by molar-refractivity contribution is -0.147. The number of carboxylic acid groups (broad SMARTS) is 2. The van der Waals surface area contributed by atoms with E-state index in [4.69, 9.17) is 14.9 Å². The van der Waals surface area contributed by atoms with Gasteiger partial charge in [-0.3, -0.25) is 28.3 Å². The number of aldehydes is 2. The number of aliphatic hydroxyl groups excluding tert-OH is 2. The van der Waals surface area contributed by atoms with Crippen LogP contribution in [-0.2, 0) is 68.9 Å². The number of para-hydroxylation sites is 4. The first kappa shape index (κ1) is 84.4. The standard InChI is InChI=1S/C24H23NO2.C22H19NO2.C21H18N2O2.C21H19NO3.C20H18N2O3/c1-14-7-12-20-19(13-14)22(24(26)27-2)23(25-20)21(16-8-9-16)18-11-10-15-5-3-4-6-17(15)18;1-14-7-10-21-19(11-14)20(12-24)22(23(21)13-25)15(2)17-9-8-16-5-3-4-6-18(16)17;1-13-7-8-19-16(9-13)18(11-24)21(22-19)14(2)17-10-23(12-25)20-6-4-3-5-15(17)20;23-20(21(24)25)12-17-16-7-3-4-8-18(16)22-19(17)11-14-10-9-13-5-1-2-6-15(13)14;23-19(20(24)25)10-15-14-6-2-4-8-17(14)22-18(15)9-12-11-21-16-7-3-1-5-13(12)16/h3-7,11-13,16,21,25H,8-10H2,1-2H3;3-7,9-13,15H,8H2,1-2H3;3-12,14,22H,1-2H3;1-8,10,20,22-23H,9,11-12H2,(H,24,25);1-8,11,19,21-23H,9-10H2,(H,24,25). The fourth-order valence-corrected chi connectivity index (χ4v) is 19.2. The van der Waals surface area contributed by atoms with Crippen molar-refractivity contribution in [3.05, 3.63) is 373 Å². The lowest BCUT2D eigenvalue weighted by Crippen LogP contribution is -2.22. The number of nitrogens with one attached hydrogen (secondary N) is 5. The number of hydrogen-bond acceptors (Lipinski definition) is 10. The Balaban J connectivity index is 0.000000112. The van der Waals surface area contributed by atoms with Crippen molar-refractivity contribution in [2.24, 2.45) is 5.92 Å². The van der Waals surface area contributed by atoms with Crippen LogP contribution in [0.4, 0.5) is 0 Å². The van der Waals surface area contributed by atoms with Gasteiger partial charge < -0.3 is 50.1 Å². The molecule has 0 amide bonds. The van der Waals surface area contributed by atoms with Gasteiger partial charge in [0.25, 0.3) is 0 Å². The SMILES string of the molecule is COC(=O)c1c(C(C2=CCc3ccccc32)C2CC2)[nH]c2ccc(C)cc12.Cc1ccc2[nH]c(C(C)c3cn(C=O)c4ccccc34)c(C=O)c2c1.Cc1ccc2c(c1)c(C=O)c(C(C)C1=CCc3ccccc31)n2C=O.O=C(O)C(O)Cc1c(CC2=CCc3ccccc32)[nH]c2ccccc12.O=C(O)C(O)Cc1c(Cc2c[nH]c3ccccc23)[nH]c2ccccc12. The number of nitrogens with zero attached hydrogens (tertiary/aromatic N) is 2. The summed E-state index contributed by atoms with van der Waals surface area (Å²) in [7, 11) is 1.47. The van der Waals surface area contributed by atoms with E-state index in [1.54, 1.807) is 9.13 Å². The molecule has 1 fully saturated rings. The van der Waals surface area contributed by atoms with Crippen LogP contribution in [0.1, 0.15) is 176 Å². The molecule has 636 valence electrons. The number of aromatic nitrogens is 7. The molecular formula is C108H97N7O12. The third kappa shape index (κ3) is 16.7. The number of carbonyl (C=O) groups is 7. The minimum atomic E-state index is -1.42. The van der Waals surface area contributed by atoms with Gasteiger partial charge in [0.1, 0.15) is 0 Å². The summed E-state index contributed by atoms with van der Waals surface area (Å²) in [6.45, 7) is 10.2. The third-order valence-corrected chi connectivity index (χ3v) is 25.6. The number of hydrogen-bond donors (Lipinski definition) is 9. The number of aliphatic hydroxyl groups is 2. The highest BCUT2D eigenvalue weighted by Crippen LogP contribution is 2.53. The maximum Gasteiger partial charge on any atom is 0.340 e. The molecule has 0 saturated heterocycles. The van der Waals surface area contributed by atoms with Gasteiger partial charge in [0.05, 0.1) is 23.7 Å². The Morgan fingerprint density at radius 1 is 0.472 bits per heavy atom. The van der Waals surface area contributed by atoms with Crippen molar-refractivity contribution in [3.8, 4) is 0 Å². The van der Waals surface area contributed by atoms with Gasteiger partial charge >= 0.3 is 17.9 Å². The fourth-order valence-electron chi connectivity index (χ4n) is 19.2. The molecule has 0 radical (unpaired) electrons. The van der Waals surface area contributed by atoms with Crippen molar-refractivity contribution in [3.63, 3.8) is 0 Å². The molecule has 5 atom stereocenters. The maximum atomic E-state index is 12.8. The summed E-state index contributed by atoms with van der Waals surface area (Å²) in [5.74, 6) is -1.93. The van der Waals surface area contributed by atoms with E-state index in [1.165, 1.54) is 70.1 Å². The molecular weight excluding hydrogens is 1590 g/mol. The predicted molar refractivity (Wildman–Crippen MR) is 503 cm³/mol. The summed E-state index contributed by atoms with van der Waals surface area (Å²) >= 11 is 0. The van der Waals surface area contributed by atoms with Gasteiger partial charge in [-0.25, -0.2) is 14.4 Å². The van der Waals surface area contributed by atoms with Crippen LogP contribution >= 0.6 is 0 Å². The van der Waals surface area contributed by atoms with Crippen LogP contribution in [0.5, 0.6) is 0 Å². The Labute approximate surface area is 732 Å². The van der Waals surface area contributed by atoms with E-state index in [2.05, 4.69) is 137 Å². The van der Waals surface area contributed by atoms with Crippen LogP contribution in [0.15, 0.2) is 255 Å². The van der Waals surface area contributed by atoms with E-state index in [-0.39, 0.29) is 36.6 Å². The zero-order chi connectivity index (χ0) is 88.4. The molecule has 17 aromatic rings. The Morgan fingerprint density at radius 3 is 1.55 bits per heavy atom. The number of methoxy groups -OCH3 is 1. The van der Waals surface area contributed by atoms with Crippen molar-refractivity contribution >= 4 is 136 Å². The number of ether oxygens (including phenoxy) is 1. The van der Waals surface area contributed by atoms with Gasteiger partial charge in [-0.2, -0.15) is 0 Å². The van der Waals surface area contributed by atoms with E-state index in [0.29, 0.717) is 35.4 Å². The molecule has 0 spiro atoms. The van der Waals surface area contributed by atoms with E-state index in [0.717, 1.165) is 188 Å². The van der Waals surface area contributed by atoms with E-state index < -0.39 is 24.1 Å². The number of benzene rings is 10. The molecule has 7 aromatic heterocycles. The summed E-state index contributed by atoms with van der Waals surface area (Å²) in [4.78, 5) is 99.0. The molecule has 7 heterocycles. The molecule has 1 saturated carbocycles. The number of rotatable bonds is 22. The second kappa shape index (κ2) is 36.2. The minimum Gasteiger partial charge on any atom is -0.479 e. The lowest BCUT2D eigenvalue weighted by atomic mass is 9.85. The predicted octanol–water partition coefficient (Wildman–Crippen LogP) is 20.9. The van der Waals surface area contributed by atoms with Gasteiger partial charge in [0, 0.05) is 161 Å². The Kier molecular flexibility index (Phi) is 24.1. The number of allylic oxidation sites excluding steroid dienone is 6. The van der Waals surface area contributed by atoms with Crippen LogP contribution in [0.3, 0.4) is 0 Å². The smallest absolute Gasteiger partial charge is 0.340 e. The third-order valence-electron chi connectivity index (χ3n) is 25.6. The van der Waals surface area contributed by atoms with Crippen LogP contribution in [0.2, 0.25) is 0 Å². The molecule has 127 heavy (non-hydrogen) atoms. The lowest BCUT2D eigenvalue weighted by Gasteiger charge is -2.20. The van der Waals surface area contributed by atoms with Crippen LogP contribution in [0.25, 0.3) is 93.0 Å². The van der Waals surface area contributed by atoms with Crippen molar-refractivity contribution < 1.29 is 58.7 Å². The van der Waals surface area contributed by atoms with Crippen molar-refractivity contribution in [1.82, 2.24) is 34.1 Å². The van der Waals surface area contributed by atoms with Crippen LogP contribution in [-0.4, -0.2) is 117 Å². The van der Waals surface area contributed by atoms with Gasteiger partial charge in [0.15, 0.2) is 24.8 Å². The van der Waals surface area contributed by atoms with E-state index in [9.17, 15) is 43.8 Å². The highest BCUT2D eigenvalue weighted by atomic mass is 16.5. The Morgan fingerprint density at radius 2 is 0.961 bits per heavy atom. The largest absolute Gasteiger partial charge is 0.479 e. The highest BCUT2D eigenvalue weighted by molar-refractivity contribution is 6.08. The second-order valence-corrected chi connectivity index (χ2v) is 33.6. The summed E-state index contributed by atoms with van der Waals surface area (Å²) in [6, 6.07) is 75.0. The molecule has 4 aliphatic rings. The molecule has 0 bridgehead atoms. The van der Waals surface area contributed by atoms with Gasteiger partial charge in [0.2, 0.25) is 12.8 Å². The molecule has 9 N–H and O–H groups in total. The first-order valence-corrected chi connectivity index (χ1v) is 43.0. The molecule has 19 heteroatoms. The summed E-state index contributed by atoms with van der Waals surface area (Å²) in [5, 5.41) is 44.7. The fraction of sp³-hybridized carbons (Fsp3) is 0.194. The van der Waals surface area contributed by atoms with Crippen LogP contribution in [0, 0.1) is 26.7 Å². The molecule has 4 aliphatic carbocycles. The minimum absolute atomic E-state index is 0.0400. The Hall–Kier alpha value is -14.8. The number of carboxylic acids is 2. The van der Waals surface area contributed by atoms with Gasteiger partial charge in [-0.05, 0) is 192 Å². The Bertz CT molecular complexity index is 7280. The van der Waals surface area contributed by atoms with E-state index >= 15 is 0 Å². The summed E-state index contributed by atoms with van der Waals surface area (Å²) < 4.78 is 8.41. The van der Waals surface area contributed by atoms with E-state index in [1.807, 2.05) is 178 Å². The van der Waals surface area contributed by atoms with Crippen molar-refractivity contribution in [1.29, 1.82) is 0 Å². The van der Waals surface area contributed by atoms with Crippen molar-refractivity contribution in [2.75, 3.05) is 7.11 Å². The number of aromatic amines is 5. The molecule has 21 rings (SSSR count). The first-order chi connectivity index (χ1) is 61.7.